The molecule has 14 heavy (non-hydrogen) atoms. The Labute approximate surface area is 91.8 Å². The quantitative estimate of drug-likeness (QED) is 0.875. The Morgan fingerprint density at radius 3 is 3.00 bits per heavy atom. The van der Waals surface area contributed by atoms with Crippen LogP contribution >= 0.6 is 15.9 Å². The van der Waals surface area contributed by atoms with Crippen LogP contribution in [0.4, 0.5) is 0 Å². The van der Waals surface area contributed by atoms with Crippen molar-refractivity contribution in [2.75, 3.05) is 6.61 Å². The summed E-state index contributed by atoms with van der Waals surface area (Å²) in [4.78, 5) is 0. The van der Waals surface area contributed by atoms with Crippen molar-refractivity contribution >= 4 is 15.9 Å². The summed E-state index contributed by atoms with van der Waals surface area (Å²) in [5.41, 5.74) is 1.30. The number of para-hydroxylation sites is 1. The van der Waals surface area contributed by atoms with E-state index in [1.54, 1.807) is 0 Å². The molecule has 1 N–H and O–H groups in total. The predicted octanol–water partition coefficient (Wildman–Crippen LogP) is 2.63. The van der Waals surface area contributed by atoms with Crippen molar-refractivity contribution in [3.8, 4) is 5.75 Å². The van der Waals surface area contributed by atoms with Gasteiger partial charge in [-0.3, -0.25) is 0 Å². The molecule has 3 rings (SSSR count). The molecule has 0 spiro atoms. The molecule has 2 aliphatic rings. The first-order chi connectivity index (χ1) is 6.84. The molecule has 1 aromatic rings. The molecule has 1 atom stereocenters. The van der Waals surface area contributed by atoms with E-state index < -0.39 is 0 Å². The number of hydrogen-bond acceptors (Lipinski definition) is 2. The zero-order valence-electron chi connectivity index (χ0n) is 7.79. The molecule has 0 bridgehead atoms. The highest BCUT2D eigenvalue weighted by Gasteiger charge is 2.31. The topological polar surface area (TPSA) is 21.3 Å². The SMILES string of the molecule is Brc1cccc2c1OCC2NC1CC1. The molecular weight excluding hydrogens is 242 g/mol. The monoisotopic (exact) mass is 253 g/mol. The second-order valence-corrected chi connectivity index (χ2v) is 4.82. The first-order valence-electron chi connectivity index (χ1n) is 5.02. The van der Waals surface area contributed by atoms with Gasteiger partial charge < -0.3 is 10.1 Å². The van der Waals surface area contributed by atoms with Crippen molar-refractivity contribution < 1.29 is 4.74 Å². The van der Waals surface area contributed by atoms with Gasteiger partial charge in [-0.1, -0.05) is 12.1 Å². The molecule has 0 aromatic heterocycles. The van der Waals surface area contributed by atoms with Crippen molar-refractivity contribution in [3.63, 3.8) is 0 Å². The highest BCUT2D eigenvalue weighted by Crippen LogP contribution is 2.39. The summed E-state index contributed by atoms with van der Waals surface area (Å²) < 4.78 is 6.73. The Hall–Kier alpha value is -0.540. The van der Waals surface area contributed by atoms with Gasteiger partial charge in [-0.2, -0.15) is 0 Å². The summed E-state index contributed by atoms with van der Waals surface area (Å²) in [5, 5.41) is 3.59. The summed E-state index contributed by atoms with van der Waals surface area (Å²) in [6.45, 7) is 0.772. The van der Waals surface area contributed by atoms with Crippen molar-refractivity contribution in [2.45, 2.75) is 24.9 Å². The molecule has 1 aliphatic heterocycles. The second kappa shape index (κ2) is 3.24. The summed E-state index contributed by atoms with van der Waals surface area (Å²) >= 11 is 3.50. The lowest BCUT2D eigenvalue weighted by atomic mass is 10.1. The van der Waals surface area contributed by atoms with Crippen molar-refractivity contribution in [1.82, 2.24) is 5.32 Å². The minimum absolute atomic E-state index is 0.398. The highest BCUT2D eigenvalue weighted by atomic mass is 79.9. The predicted molar refractivity (Wildman–Crippen MR) is 58.5 cm³/mol. The van der Waals surface area contributed by atoms with Gasteiger partial charge in [0.05, 0.1) is 10.5 Å². The van der Waals surface area contributed by atoms with Crippen LogP contribution in [0.1, 0.15) is 24.4 Å². The molecule has 1 saturated carbocycles. The van der Waals surface area contributed by atoms with E-state index in [0.717, 1.165) is 22.9 Å². The molecule has 74 valence electrons. The number of nitrogens with one attached hydrogen (secondary N) is 1. The Morgan fingerprint density at radius 2 is 2.21 bits per heavy atom. The van der Waals surface area contributed by atoms with Crippen LogP contribution in [0.2, 0.25) is 0 Å². The molecule has 1 heterocycles. The maximum absolute atomic E-state index is 5.66. The highest BCUT2D eigenvalue weighted by molar-refractivity contribution is 9.10. The maximum Gasteiger partial charge on any atom is 0.138 e. The molecule has 1 aliphatic carbocycles. The fourth-order valence-corrected chi connectivity index (χ4v) is 2.38. The van der Waals surface area contributed by atoms with E-state index in [9.17, 15) is 0 Å². The lowest BCUT2D eigenvalue weighted by Gasteiger charge is -2.09. The number of rotatable bonds is 2. The summed E-state index contributed by atoms with van der Waals surface area (Å²) in [6.07, 6.45) is 2.64. The van der Waals surface area contributed by atoms with E-state index >= 15 is 0 Å². The van der Waals surface area contributed by atoms with Crippen LogP contribution in [-0.2, 0) is 0 Å². The van der Waals surface area contributed by atoms with Crippen molar-refractivity contribution in [1.29, 1.82) is 0 Å². The van der Waals surface area contributed by atoms with Gasteiger partial charge in [0.1, 0.15) is 12.4 Å². The van der Waals surface area contributed by atoms with Gasteiger partial charge >= 0.3 is 0 Å². The average Bonchev–Trinajstić information content (AvgIpc) is 2.88. The van der Waals surface area contributed by atoms with Crippen molar-refractivity contribution in [2.24, 2.45) is 0 Å². The average molecular weight is 254 g/mol. The van der Waals surface area contributed by atoms with Gasteiger partial charge in [0.25, 0.3) is 0 Å². The molecule has 0 amide bonds. The number of benzene rings is 1. The standard InChI is InChI=1S/C11H12BrNO/c12-9-3-1-2-8-10(6-14-11(8)9)13-7-4-5-7/h1-3,7,10,13H,4-6H2. The van der Waals surface area contributed by atoms with Crippen LogP contribution in [0.25, 0.3) is 0 Å². The Morgan fingerprint density at radius 1 is 1.36 bits per heavy atom. The van der Waals surface area contributed by atoms with E-state index in [-0.39, 0.29) is 0 Å². The first-order valence-corrected chi connectivity index (χ1v) is 5.81. The van der Waals surface area contributed by atoms with E-state index in [0.29, 0.717) is 6.04 Å². The molecule has 1 fully saturated rings. The minimum Gasteiger partial charge on any atom is -0.490 e. The summed E-state index contributed by atoms with van der Waals surface area (Å²) in [5.74, 6) is 1.02. The summed E-state index contributed by atoms with van der Waals surface area (Å²) in [7, 11) is 0. The normalized spacial score (nSPS) is 24.5. The van der Waals surface area contributed by atoms with Crippen LogP contribution < -0.4 is 10.1 Å². The van der Waals surface area contributed by atoms with E-state index in [4.69, 9.17) is 4.74 Å². The van der Waals surface area contributed by atoms with E-state index in [1.807, 2.05) is 6.07 Å². The lowest BCUT2D eigenvalue weighted by Crippen LogP contribution is -2.24. The number of hydrogen-bond donors (Lipinski definition) is 1. The van der Waals surface area contributed by atoms with Gasteiger partial charge in [0, 0.05) is 11.6 Å². The number of halogens is 1. The van der Waals surface area contributed by atoms with E-state index in [2.05, 4.69) is 33.4 Å². The molecule has 0 saturated heterocycles. The lowest BCUT2D eigenvalue weighted by molar-refractivity contribution is 0.309. The van der Waals surface area contributed by atoms with Gasteiger partial charge in [-0.25, -0.2) is 0 Å². The Bertz CT molecular complexity index is 362. The van der Waals surface area contributed by atoms with Gasteiger partial charge in [-0.05, 0) is 34.8 Å². The fourth-order valence-electron chi connectivity index (χ4n) is 1.88. The van der Waals surface area contributed by atoms with Gasteiger partial charge in [0.2, 0.25) is 0 Å². The minimum atomic E-state index is 0.398. The Kier molecular flexibility index (Phi) is 2.03. The van der Waals surface area contributed by atoms with Crippen LogP contribution in [-0.4, -0.2) is 12.6 Å². The molecule has 1 unspecified atom stereocenters. The van der Waals surface area contributed by atoms with Crippen molar-refractivity contribution in [3.05, 3.63) is 28.2 Å². The van der Waals surface area contributed by atoms with Gasteiger partial charge in [0.15, 0.2) is 0 Å². The third-order valence-corrected chi connectivity index (χ3v) is 3.41. The van der Waals surface area contributed by atoms with Crippen LogP contribution in [0, 0.1) is 0 Å². The number of fused-ring (bicyclic) bond motifs is 1. The third kappa shape index (κ3) is 1.44. The molecule has 1 aromatic carbocycles. The molecule has 3 heteroatoms. The maximum atomic E-state index is 5.66. The van der Waals surface area contributed by atoms with Crippen LogP contribution in [0.15, 0.2) is 22.7 Å². The van der Waals surface area contributed by atoms with E-state index in [1.165, 1.54) is 18.4 Å². The smallest absolute Gasteiger partial charge is 0.138 e. The molecular formula is C11H12BrNO. The zero-order valence-corrected chi connectivity index (χ0v) is 9.38. The molecule has 0 radical (unpaired) electrons. The largest absolute Gasteiger partial charge is 0.490 e. The zero-order chi connectivity index (χ0) is 9.54. The van der Waals surface area contributed by atoms with Gasteiger partial charge in [-0.15, -0.1) is 0 Å². The summed E-state index contributed by atoms with van der Waals surface area (Å²) in [6, 6.07) is 7.37. The first kappa shape index (κ1) is 8.74. The fraction of sp³-hybridized carbons (Fsp3) is 0.455. The van der Waals surface area contributed by atoms with Crippen LogP contribution in [0.3, 0.4) is 0 Å². The third-order valence-electron chi connectivity index (χ3n) is 2.78. The second-order valence-electron chi connectivity index (χ2n) is 3.96. The van der Waals surface area contributed by atoms with Crippen LogP contribution in [0.5, 0.6) is 5.75 Å². The number of ether oxygens (including phenoxy) is 1. The molecule has 2 nitrogen and oxygen atoms in total. The Balaban J connectivity index is 1.89.